The van der Waals surface area contributed by atoms with E-state index in [9.17, 15) is 9.59 Å². The van der Waals surface area contributed by atoms with E-state index in [1.54, 1.807) is 11.6 Å². The van der Waals surface area contributed by atoms with Gasteiger partial charge in [0.2, 0.25) is 5.91 Å². The van der Waals surface area contributed by atoms with E-state index < -0.39 is 0 Å². The average Bonchev–Trinajstić information content (AvgIpc) is 2.58. The highest BCUT2D eigenvalue weighted by Crippen LogP contribution is 2.35. The largest absolute Gasteiger partial charge is 0.312 e. The number of rotatable bonds is 1. The molecule has 0 aliphatic carbocycles. The summed E-state index contributed by atoms with van der Waals surface area (Å²) in [5, 5.41) is 5.00. The van der Waals surface area contributed by atoms with Crippen LogP contribution in [0.4, 0.5) is 5.82 Å². The standard InChI is InChI=1S/C18H15N3O2S/c1-21-16-15(17(23)20-18(21)24)13(9-14(22)19-16)12-7-6-10-4-2-3-5-11(10)8-12/h2-8,13H,9H2,1H3,(H,19,22)(H,20,23,24). The minimum atomic E-state index is -0.288. The summed E-state index contributed by atoms with van der Waals surface area (Å²) in [7, 11) is 1.74. The number of H-pyrrole nitrogens is 1. The van der Waals surface area contributed by atoms with Gasteiger partial charge in [0.1, 0.15) is 5.82 Å². The fourth-order valence-corrected chi connectivity index (χ4v) is 3.48. The monoisotopic (exact) mass is 337 g/mol. The van der Waals surface area contributed by atoms with Crippen molar-refractivity contribution in [3.63, 3.8) is 0 Å². The molecular weight excluding hydrogens is 322 g/mol. The lowest BCUT2D eigenvalue weighted by molar-refractivity contribution is -0.116. The Labute approximate surface area is 143 Å². The molecule has 1 aliphatic rings. The molecule has 4 rings (SSSR count). The number of aromatic amines is 1. The molecule has 24 heavy (non-hydrogen) atoms. The van der Waals surface area contributed by atoms with Gasteiger partial charge in [-0.2, -0.15) is 0 Å². The predicted octanol–water partition coefficient (Wildman–Crippen LogP) is 3.07. The number of carbonyl (C=O) groups excluding carboxylic acids is 1. The lowest BCUT2D eigenvalue weighted by atomic mass is 9.86. The molecule has 2 heterocycles. The van der Waals surface area contributed by atoms with E-state index in [1.807, 2.05) is 42.5 Å². The second-order valence-electron chi connectivity index (χ2n) is 5.99. The van der Waals surface area contributed by atoms with Gasteiger partial charge >= 0.3 is 0 Å². The summed E-state index contributed by atoms with van der Waals surface area (Å²) in [5.74, 6) is 0.0818. The lowest BCUT2D eigenvalue weighted by Gasteiger charge is -2.26. The molecule has 2 N–H and O–H groups in total. The van der Waals surface area contributed by atoms with Crippen LogP contribution in [0.15, 0.2) is 47.3 Å². The molecule has 1 aromatic heterocycles. The van der Waals surface area contributed by atoms with E-state index in [4.69, 9.17) is 12.2 Å². The first-order valence-corrected chi connectivity index (χ1v) is 8.07. The molecule has 0 bridgehead atoms. The van der Waals surface area contributed by atoms with Crippen molar-refractivity contribution < 1.29 is 4.79 Å². The van der Waals surface area contributed by atoms with Crippen molar-refractivity contribution in [3.8, 4) is 0 Å². The van der Waals surface area contributed by atoms with Gasteiger partial charge in [-0.15, -0.1) is 0 Å². The lowest BCUT2D eigenvalue weighted by Crippen LogP contribution is -2.33. The Morgan fingerprint density at radius 1 is 1.12 bits per heavy atom. The molecule has 120 valence electrons. The maximum atomic E-state index is 12.5. The van der Waals surface area contributed by atoms with Gasteiger partial charge in [0, 0.05) is 19.4 Å². The summed E-state index contributed by atoms with van der Waals surface area (Å²) in [4.78, 5) is 27.4. The molecule has 2 aromatic carbocycles. The molecule has 1 unspecified atom stereocenters. The minimum absolute atomic E-state index is 0.115. The van der Waals surface area contributed by atoms with E-state index in [-0.39, 0.29) is 23.8 Å². The molecule has 0 spiro atoms. The molecule has 1 aliphatic heterocycles. The fraction of sp³-hybridized carbons (Fsp3) is 0.167. The summed E-state index contributed by atoms with van der Waals surface area (Å²) in [5.41, 5.74) is 1.26. The Morgan fingerprint density at radius 3 is 2.67 bits per heavy atom. The number of benzene rings is 2. The highest BCUT2D eigenvalue weighted by Gasteiger charge is 2.31. The second-order valence-corrected chi connectivity index (χ2v) is 6.38. The number of hydrogen-bond donors (Lipinski definition) is 2. The highest BCUT2D eigenvalue weighted by molar-refractivity contribution is 7.71. The average molecular weight is 337 g/mol. The molecule has 6 heteroatoms. The van der Waals surface area contributed by atoms with E-state index in [2.05, 4.69) is 10.3 Å². The van der Waals surface area contributed by atoms with Crippen molar-refractivity contribution in [1.29, 1.82) is 0 Å². The SMILES string of the molecule is Cn1c2c(c(=O)[nH]c1=S)C(c1ccc3ccccc3c1)CC(=O)N2. The maximum Gasteiger partial charge on any atom is 0.257 e. The summed E-state index contributed by atoms with van der Waals surface area (Å²) < 4.78 is 1.93. The van der Waals surface area contributed by atoms with Crippen LogP contribution in [0.3, 0.4) is 0 Å². The summed E-state index contributed by atoms with van der Waals surface area (Å²) >= 11 is 5.14. The summed E-state index contributed by atoms with van der Waals surface area (Å²) in [6, 6.07) is 14.1. The number of hydrogen-bond acceptors (Lipinski definition) is 3. The maximum absolute atomic E-state index is 12.5. The molecule has 0 saturated carbocycles. The number of anilines is 1. The zero-order valence-corrected chi connectivity index (χ0v) is 13.8. The molecule has 1 amide bonds. The second kappa shape index (κ2) is 5.42. The number of amides is 1. The first-order chi connectivity index (χ1) is 11.5. The Kier molecular flexibility index (Phi) is 3.35. The Balaban J connectivity index is 1.96. The zero-order valence-electron chi connectivity index (χ0n) is 13.0. The van der Waals surface area contributed by atoms with Gasteiger partial charge in [-0.25, -0.2) is 0 Å². The fourth-order valence-electron chi connectivity index (χ4n) is 3.29. The van der Waals surface area contributed by atoms with Crippen LogP contribution in [0.25, 0.3) is 10.8 Å². The summed E-state index contributed by atoms with van der Waals surface area (Å²) in [6.45, 7) is 0. The molecule has 0 fully saturated rings. The van der Waals surface area contributed by atoms with Crippen LogP contribution in [0.1, 0.15) is 23.5 Å². The van der Waals surface area contributed by atoms with Gasteiger partial charge in [-0.3, -0.25) is 14.6 Å². The third-order valence-electron chi connectivity index (χ3n) is 4.53. The topological polar surface area (TPSA) is 66.9 Å². The van der Waals surface area contributed by atoms with Gasteiger partial charge in [-0.05, 0) is 28.6 Å². The van der Waals surface area contributed by atoms with Crippen LogP contribution in [0.2, 0.25) is 0 Å². The van der Waals surface area contributed by atoms with Crippen molar-refractivity contribution in [2.45, 2.75) is 12.3 Å². The third kappa shape index (κ3) is 2.27. The third-order valence-corrected chi connectivity index (χ3v) is 4.91. The Morgan fingerprint density at radius 2 is 1.88 bits per heavy atom. The van der Waals surface area contributed by atoms with E-state index in [0.29, 0.717) is 16.2 Å². The number of nitrogens with one attached hydrogen (secondary N) is 2. The smallest absolute Gasteiger partial charge is 0.257 e. The first-order valence-electron chi connectivity index (χ1n) is 7.66. The van der Waals surface area contributed by atoms with E-state index in [0.717, 1.165) is 16.3 Å². The van der Waals surface area contributed by atoms with Crippen LogP contribution in [0, 0.1) is 4.77 Å². The molecule has 5 nitrogen and oxygen atoms in total. The van der Waals surface area contributed by atoms with Crippen LogP contribution in [-0.2, 0) is 11.8 Å². The zero-order chi connectivity index (χ0) is 16.8. The van der Waals surface area contributed by atoms with Crippen molar-refractivity contribution >= 4 is 34.7 Å². The quantitative estimate of drug-likeness (QED) is 0.671. The van der Waals surface area contributed by atoms with Gasteiger partial charge in [0.25, 0.3) is 5.56 Å². The van der Waals surface area contributed by atoms with Crippen LogP contribution in [-0.4, -0.2) is 15.5 Å². The van der Waals surface area contributed by atoms with Crippen molar-refractivity contribution in [1.82, 2.24) is 9.55 Å². The first kappa shape index (κ1) is 14.8. The normalized spacial score (nSPS) is 16.7. The molecule has 1 atom stereocenters. The number of fused-ring (bicyclic) bond motifs is 2. The minimum Gasteiger partial charge on any atom is -0.312 e. The van der Waals surface area contributed by atoms with Gasteiger partial charge in [0.05, 0.1) is 5.56 Å². The molecular formula is C18H15N3O2S. The number of nitrogens with zero attached hydrogens (tertiary/aromatic N) is 1. The van der Waals surface area contributed by atoms with Crippen LogP contribution >= 0.6 is 12.2 Å². The number of carbonyl (C=O) groups is 1. The molecule has 3 aromatic rings. The highest BCUT2D eigenvalue weighted by atomic mass is 32.1. The van der Waals surface area contributed by atoms with Crippen LogP contribution < -0.4 is 10.9 Å². The summed E-state index contributed by atoms with van der Waals surface area (Å²) in [6.07, 6.45) is 0.241. The Bertz CT molecular complexity index is 1100. The van der Waals surface area contributed by atoms with Gasteiger partial charge < -0.3 is 9.88 Å². The van der Waals surface area contributed by atoms with Crippen molar-refractivity contribution in [3.05, 3.63) is 68.7 Å². The van der Waals surface area contributed by atoms with Gasteiger partial charge in [0.15, 0.2) is 4.77 Å². The van der Waals surface area contributed by atoms with Crippen LogP contribution in [0.5, 0.6) is 0 Å². The predicted molar refractivity (Wildman–Crippen MR) is 95.9 cm³/mol. The van der Waals surface area contributed by atoms with Gasteiger partial charge in [-0.1, -0.05) is 42.5 Å². The van der Waals surface area contributed by atoms with Crippen molar-refractivity contribution in [2.24, 2.45) is 7.05 Å². The van der Waals surface area contributed by atoms with E-state index >= 15 is 0 Å². The Hall–Kier alpha value is -2.73. The van der Waals surface area contributed by atoms with E-state index in [1.165, 1.54) is 0 Å². The molecule has 0 saturated heterocycles. The number of aromatic nitrogens is 2. The molecule has 0 radical (unpaired) electrons. The van der Waals surface area contributed by atoms with Crippen molar-refractivity contribution in [2.75, 3.05) is 5.32 Å².